The number of carbonyl (C=O) groups is 3. The molecule has 0 aromatic heterocycles. The first kappa shape index (κ1) is 29.4. The van der Waals surface area contributed by atoms with Gasteiger partial charge in [0.1, 0.15) is 0 Å². The van der Waals surface area contributed by atoms with Crippen LogP contribution in [-0.2, 0) is 4.57 Å². The van der Waals surface area contributed by atoms with Crippen molar-refractivity contribution in [2.24, 2.45) is 17.2 Å². The van der Waals surface area contributed by atoms with Crippen molar-refractivity contribution < 1.29 is 49.6 Å². The highest BCUT2D eigenvalue weighted by Crippen LogP contribution is 2.03. The van der Waals surface area contributed by atoms with Crippen LogP contribution in [0.5, 0.6) is 0 Å². The Hall–Kier alpha value is -1.60. The van der Waals surface area contributed by atoms with E-state index >= 15 is 0 Å². The molecule has 14 heteroatoms. The van der Waals surface area contributed by atoms with Crippen molar-refractivity contribution in [2.75, 3.05) is 19.6 Å². The molecule has 0 aromatic rings. The van der Waals surface area contributed by atoms with E-state index in [0.717, 1.165) is 19.6 Å². The van der Waals surface area contributed by atoms with E-state index in [9.17, 15) is 14.4 Å². The molecule has 0 aliphatic carbocycles. The van der Waals surface area contributed by atoms with Crippen molar-refractivity contribution >= 4 is 25.9 Å². The van der Waals surface area contributed by atoms with Gasteiger partial charge in [0.25, 0.3) is 0 Å². The summed E-state index contributed by atoms with van der Waals surface area (Å²) < 4.78 is 8.55. The van der Waals surface area contributed by atoms with Crippen molar-refractivity contribution in [1.82, 2.24) is 0 Å². The summed E-state index contributed by atoms with van der Waals surface area (Å²) in [6, 6.07) is -1.01. The van der Waals surface area contributed by atoms with Crippen molar-refractivity contribution in [3.05, 3.63) is 0 Å². The van der Waals surface area contributed by atoms with E-state index in [1.807, 2.05) is 20.8 Å². The van der Waals surface area contributed by atoms with Gasteiger partial charge in [-0.1, -0.05) is 0 Å². The second kappa shape index (κ2) is 20.4. The predicted molar refractivity (Wildman–Crippen MR) is 73.8 cm³/mol. The number of rotatable bonds is 3. The zero-order valence-corrected chi connectivity index (χ0v) is 14.3. The van der Waals surface area contributed by atoms with Crippen LogP contribution < -0.4 is 47.8 Å². The molecule has 140 valence electrons. The summed E-state index contributed by atoms with van der Waals surface area (Å²) >= 11 is 0. The number of urea groups is 3. The summed E-state index contributed by atoms with van der Waals surface area (Å²) in [5.74, 6) is 0. The Kier molecular flexibility index (Phi) is 26.1. The van der Waals surface area contributed by atoms with Crippen molar-refractivity contribution in [3.8, 4) is 0 Å². The molecule has 0 fully saturated rings. The van der Waals surface area contributed by atoms with E-state index < -0.39 is 7.82 Å². The lowest BCUT2D eigenvalue weighted by Crippen LogP contribution is -2.89. The number of hydrogen-bond donors (Lipinski definition) is 6. The van der Waals surface area contributed by atoms with E-state index in [2.05, 4.69) is 0 Å². The highest BCUT2D eigenvalue weighted by molar-refractivity contribution is 7.40. The van der Waals surface area contributed by atoms with Crippen LogP contribution in [0.4, 0.5) is 14.4 Å². The standard InChI is InChI=1S/3C3H8N2O.H3O4P/c3*1-2-5-3(4)6;1-5(2,3)4/h3*2H2,1H3,(H3,4,5,6);(H3,1,2,3,4). The van der Waals surface area contributed by atoms with Gasteiger partial charge < -0.3 is 36.4 Å². The first-order valence-corrected chi connectivity index (χ1v) is 7.88. The molecule has 0 bridgehead atoms. The van der Waals surface area contributed by atoms with Crippen LogP contribution in [-0.4, -0.2) is 37.7 Å². The molecule has 0 rings (SSSR count). The Morgan fingerprint density at radius 2 is 0.870 bits per heavy atom. The number of amides is 6. The summed E-state index contributed by atoms with van der Waals surface area (Å²) in [6.07, 6.45) is 0. The fourth-order valence-electron chi connectivity index (χ4n) is 0.604. The highest BCUT2D eigenvalue weighted by atomic mass is 31.2. The fourth-order valence-corrected chi connectivity index (χ4v) is 0.604. The van der Waals surface area contributed by atoms with Gasteiger partial charge in [-0.05, 0) is 20.8 Å². The Labute approximate surface area is 134 Å². The van der Waals surface area contributed by atoms with E-state index in [1.54, 1.807) is 0 Å². The SMILES string of the molecule is CC[NH2+]C(N)=O.CC[NH2+]C(N)=O.CC[NH2+]C(N)=O.O=P([O-])([O-])[O-]. The Morgan fingerprint density at radius 3 is 0.870 bits per heavy atom. The fraction of sp³-hybridized carbons (Fsp3) is 0.667. The Balaban J connectivity index is -0.000000105. The number of carbonyl (C=O) groups excluding carboxylic acids is 3. The third-order valence-corrected chi connectivity index (χ3v) is 1.22. The van der Waals surface area contributed by atoms with Gasteiger partial charge in [-0.15, -0.1) is 0 Å². The molecule has 0 radical (unpaired) electrons. The largest absolute Gasteiger partial charge is 0.822 e. The molecule has 0 saturated heterocycles. The first-order valence-electron chi connectivity index (χ1n) is 6.42. The normalized spacial score (nSPS) is 8.96. The molecule has 13 nitrogen and oxygen atoms in total. The highest BCUT2D eigenvalue weighted by Gasteiger charge is 1.88. The predicted octanol–water partition coefficient (Wildman–Crippen LogP) is -6.88. The molecule has 0 aliphatic rings. The topological polar surface area (TPSA) is 265 Å². The second-order valence-electron chi connectivity index (χ2n) is 3.49. The molecular formula is C9H27N6O7P. The van der Waals surface area contributed by atoms with Crippen LogP contribution >= 0.6 is 7.82 Å². The number of primary amides is 6. The maximum absolute atomic E-state index is 9.77. The molecule has 23 heavy (non-hydrogen) atoms. The van der Waals surface area contributed by atoms with Gasteiger partial charge in [0, 0.05) is 0 Å². The molecule has 6 amide bonds. The van der Waals surface area contributed by atoms with Gasteiger partial charge in [0.15, 0.2) is 0 Å². The summed E-state index contributed by atoms with van der Waals surface area (Å²) in [5.41, 5.74) is 14.1. The summed E-state index contributed by atoms with van der Waals surface area (Å²) in [7, 11) is -5.39. The van der Waals surface area contributed by atoms with E-state index in [4.69, 9.17) is 36.4 Å². The van der Waals surface area contributed by atoms with Gasteiger partial charge in [-0.3, -0.25) is 16.0 Å². The van der Waals surface area contributed by atoms with Gasteiger partial charge in [-0.25, -0.2) is 14.4 Å². The van der Waals surface area contributed by atoms with Crippen LogP contribution in [0, 0.1) is 0 Å². The number of quaternary nitrogens is 3. The lowest BCUT2D eigenvalue weighted by Gasteiger charge is -2.36. The Morgan fingerprint density at radius 1 is 0.739 bits per heavy atom. The lowest BCUT2D eigenvalue weighted by atomic mass is 10.7. The van der Waals surface area contributed by atoms with E-state index in [1.165, 1.54) is 16.0 Å². The second-order valence-corrected chi connectivity index (χ2v) is 4.39. The van der Waals surface area contributed by atoms with Crippen molar-refractivity contribution in [2.45, 2.75) is 20.8 Å². The van der Waals surface area contributed by atoms with Crippen LogP contribution in [0.3, 0.4) is 0 Å². The molecule has 12 N–H and O–H groups in total. The van der Waals surface area contributed by atoms with Crippen LogP contribution in [0.15, 0.2) is 0 Å². The quantitative estimate of drug-likeness (QED) is 0.264. The molecule has 0 atom stereocenters. The van der Waals surface area contributed by atoms with Crippen molar-refractivity contribution in [3.63, 3.8) is 0 Å². The van der Waals surface area contributed by atoms with E-state index in [-0.39, 0.29) is 18.1 Å². The lowest BCUT2D eigenvalue weighted by molar-refractivity contribution is -0.550. The average molecular weight is 362 g/mol. The monoisotopic (exact) mass is 362 g/mol. The minimum atomic E-state index is -5.39. The smallest absolute Gasteiger partial charge is 0.410 e. The summed E-state index contributed by atoms with van der Waals surface area (Å²) in [4.78, 5) is 54.9. The molecule has 0 spiro atoms. The van der Waals surface area contributed by atoms with Crippen molar-refractivity contribution in [1.29, 1.82) is 0 Å². The number of hydrogen-bond acceptors (Lipinski definition) is 7. The first-order chi connectivity index (χ1) is 10.3. The minimum absolute atomic E-state index is 0.336. The summed E-state index contributed by atoms with van der Waals surface area (Å²) in [6.45, 7) is 7.79. The molecule has 0 saturated carbocycles. The van der Waals surface area contributed by atoms with Gasteiger partial charge in [0.2, 0.25) is 0 Å². The summed E-state index contributed by atoms with van der Waals surface area (Å²) in [5, 5.41) is 4.29. The zero-order valence-electron chi connectivity index (χ0n) is 13.4. The zero-order chi connectivity index (χ0) is 19.5. The maximum Gasteiger partial charge on any atom is 0.410 e. The average Bonchev–Trinajstić information content (AvgIpc) is 2.27. The molecule has 0 unspecified atom stereocenters. The Bertz CT molecular complexity index is 316. The third kappa shape index (κ3) is 126. The van der Waals surface area contributed by atoms with Gasteiger partial charge in [0.05, 0.1) is 19.6 Å². The molecular weight excluding hydrogens is 335 g/mol. The maximum atomic E-state index is 9.77. The molecule has 0 aliphatic heterocycles. The molecule has 0 aromatic carbocycles. The van der Waals surface area contributed by atoms with Gasteiger partial charge >= 0.3 is 18.1 Å². The minimum Gasteiger partial charge on any atom is -0.822 e. The third-order valence-electron chi connectivity index (χ3n) is 1.22. The van der Waals surface area contributed by atoms with Crippen LogP contribution in [0.1, 0.15) is 20.8 Å². The number of phosphoric acid groups is 1. The molecule has 0 heterocycles. The van der Waals surface area contributed by atoms with E-state index in [0.29, 0.717) is 0 Å². The number of nitrogens with two attached hydrogens (primary N) is 6. The van der Waals surface area contributed by atoms with Crippen LogP contribution in [0.2, 0.25) is 0 Å². The van der Waals surface area contributed by atoms with Gasteiger partial charge in [-0.2, -0.15) is 7.82 Å². The van der Waals surface area contributed by atoms with Crippen LogP contribution in [0.25, 0.3) is 0 Å².